The zero-order valence-corrected chi connectivity index (χ0v) is 16.8. The molecule has 7 heteroatoms. The lowest BCUT2D eigenvalue weighted by Crippen LogP contribution is -2.52. The third kappa shape index (κ3) is 3.12. The van der Waals surface area contributed by atoms with E-state index < -0.39 is 11.6 Å². The van der Waals surface area contributed by atoms with Crippen molar-refractivity contribution >= 4 is 23.5 Å². The summed E-state index contributed by atoms with van der Waals surface area (Å²) in [5.41, 5.74) is 2.90. The second kappa shape index (κ2) is 6.79. The van der Waals surface area contributed by atoms with Crippen molar-refractivity contribution in [1.29, 1.82) is 0 Å². The number of hydrogen-bond acceptors (Lipinski definition) is 4. The van der Waals surface area contributed by atoms with Crippen molar-refractivity contribution in [2.75, 3.05) is 37.6 Å². The van der Waals surface area contributed by atoms with Crippen molar-refractivity contribution in [2.45, 2.75) is 39.2 Å². The molecule has 0 aromatic heterocycles. The van der Waals surface area contributed by atoms with Crippen molar-refractivity contribution < 1.29 is 14.4 Å². The summed E-state index contributed by atoms with van der Waals surface area (Å²) in [4.78, 5) is 42.9. The van der Waals surface area contributed by atoms with Gasteiger partial charge in [-0.05, 0) is 56.7 Å². The number of benzene rings is 1. The lowest BCUT2D eigenvalue weighted by atomic mass is 9.96. The molecule has 0 unspecified atom stereocenters. The maximum Gasteiger partial charge on any atom is 0.325 e. The summed E-state index contributed by atoms with van der Waals surface area (Å²) in [5, 5.41) is 2.80. The van der Waals surface area contributed by atoms with Gasteiger partial charge >= 0.3 is 6.03 Å². The molecule has 3 fully saturated rings. The van der Waals surface area contributed by atoms with Gasteiger partial charge in [-0.25, -0.2) is 4.79 Å². The molecule has 0 spiro atoms. The summed E-state index contributed by atoms with van der Waals surface area (Å²) in [6, 6.07) is 5.84. The Balaban J connectivity index is 1.36. The van der Waals surface area contributed by atoms with Gasteiger partial charge in [-0.15, -0.1) is 0 Å². The van der Waals surface area contributed by atoms with Crippen LogP contribution in [0.25, 0.3) is 0 Å². The minimum Gasteiger partial charge on any atom is -0.368 e. The van der Waals surface area contributed by atoms with Gasteiger partial charge in [0, 0.05) is 31.9 Å². The first-order chi connectivity index (χ1) is 13.3. The minimum absolute atomic E-state index is 0.163. The van der Waals surface area contributed by atoms with E-state index in [4.69, 9.17) is 0 Å². The van der Waals surface area contributed by atoms with E-state index in [1.54, 1.807) is 11.8 Å². The normalized spacial score (nSPS) is 25.3. The summed E-state index contributed by atoms with van der Waals surface area (Å²) in [5.74, 6) is -0.225. The van der Waals surface area contributed by atoms with Gasteiger partial charge in [-0.1, -0.05) is 12.1 Å². The quantitative estimate of drug-likeness (QED) is 0.802. The molecule has 2 aliphatic heterocycles. The lowest BCUT2D eigenvalue weighted by Gasteiger charge is -2.37. The fraction of sp³-hybridized carbons (Fsp3) is 0.571. The Bertz CT molecular complexity index is 827. The van der Waals surface area contributed by atoms with Crippen LogP contribution in [-0.2, 0) is 9.59 Å². The Morgan fingerprint density at radius 2 is 1.82 bits per heavy atom. The summed E-state index contributed by atoms with van der Waals surface area (Å²) in [7, 11) is 0. The molecule has 4 rings (SSSR count). The predicted molar refractivity (Wildman–Crippen MR) is 106 cm³/mol. The lowest BCUT2D eigenvalue weighted by molar-refractivity contribution is -0.139. The molecular formula is C21H28N4O3. The van der Waals surface area contributed by atoms with Crippen LogP contribution in [-0.4, -0.2) is 65.9 Å². The molecule has 3 aliphatic rings. The highest BCUT2D eigenvalue weighted by atomic mass is 16.2. The highest BCUT2D eigenvalue weighted by molar-refractivity contribution is 6.09. The average molecular weight is 384 g/mol. The number of aryl methyl sites for hydroxylation is 1. The maximum atomic E-state index is 12.7. The number of imide groups is 1. The number of piperazine rings is 1. The number of nitrogens with zero attached hydrogens (tertiary/aromatic N) is 3. The van der Waals surface area contributed by atoms with Crippen LogP contribution >= 0.6 is 0 Å². The van der Waals surface area contributed by atoms with Gasteiger partial charge in [0.2, 0.25) is 5.91 Å². The first-order valence-electron chi connectivity index (χ1n) is 10.0. The van der Waals surface area contributed by atoms with Crippen LogP contribution in [0, 0.1) is 19.8 Å². The third-order valence-electron chi connectivity index (χ3n) is 6.54. The highest BCUT2D eigenvalue weighted by Gasteiger charge is 2.56. The maximum absolute atomic E-state index is 12.7. The Hall–Kier alpha value is -2.57. The van der Waals surface area contributed by atoms with E-state index in [1.165, 1.54) is 16.8 Å². The smallest absolute Gasteiger partial charge is 0.325 e. The molecule has 7 nitrogen and oxygen atoms in total. The van der Waals surface area contributed by atoms with E-state index in [0.29, 0.717) is 13.1 Å². The van der Waals surface area contributed by atoms with Crippen molar-refractivity contribution in [2.24, 2.45) is 5.92 Å². The fourth-order valence-corrected chi connectivity index (χ4v) is 4.31. The van der Waals surface area contributed by atoms with E-state index in [9.17, 15) is 14.4 Å². The van der Waals surface area contributed by atoms with Crippen LogP contribution in [0.3, 0.4) is 0 Å². The molecule has 1 saturated carbocycles. The average Bonchev–Trinajstić information content (AvgIpc) is 3.50. The highest BCUT2D eigenvalue weighted by Crippen LogP contribution is 2.42. The second-order valence-corrected chi connectivity index (χ2v) is 8.38. The Labute approximate surface area is 165 Å². The number of amides is 4. The van der Waals surface area contributed by atoms with Gasteiger partial charge in [-0.3, -0.25) is 14.5 Å². The summed E-state index contributed by atoms with van der Waals surface area (Å²) in [6.45, 7) is 8.51. The molecule has 2 heterocycles. The van der Waals surface area contributed by atoms with E-state index >= 15 is 0 Å². The van der Waals surface area contributed by atoms with E-state index in [1.807, 2.05) is 0 Å². The standard InChI is InChI=1S/C21H28N4O3/c1-14-5-4-6-17(15(14)2)23-9-11-24(12-10-23)18(26)13-25-19(27)21(3,16-7-8-16)22-20(25)28/h4-6,16H,7-13H2,1-3H3,(H,22,28)/t21-/m1/s1. The molecule has 28 heavy (non-hydrogen) atoms. The van der Waals surface area contributed by atoms with E-state index in [-0.39, 0.29) is 24.3 Å². The number of hydrogen-bond donors (Lipinski definition) is 1. The molecule has 1 aromatic rings. The number of carbonyl (C=O) groups is 3. The number of carbonyl (C=O) groups excluding carboxylic acids is 3. The van der Waals surface area contributed by atoms with E-state index in [0.717, 1.165) is 30.8 Å². The monoisotopic (exact) mass is 384 g/mol. The summed E-state index contributed by atoms with van der Waals surface area (Å²) >= 11 is 0. The topological polar surface area (TPSA) is 73.0 Å². The van der Waals surface area contributed by atoms with Crippen LogP contribution in [0.4, 0.5) is 10.5 Å². The van der Waals surface area contributed by atoms with Crippen LogP contribution < -0.4 is 10.2 Å². The first-order valence-corrected chi connectivity index (χ1v) is 10.0. The molecule has 1 aromatic carbocycles. The zero-order chi connectivity index (χ0) is 20.1. The molecule has 2 saturated heterocycles. The molecule has 0 bridgehead atoms. The first kappa shape index (κ1) is 18.8. The molecule has 1 aliphatic carbocycles. The second-order valence-electron chi connectivity index (χ2n) is 8.38. The Morgan fingerprint density at radius 3 is 2.46 bits per heavy atom. The molecule has 0 radical (unpaired) electrons. The van der Waals surface area contributed by atoms with Crippen molar-refractivity contribution in [1.82, 2.24) is 15.1 Å². The molecule has 4 amide bonds. The van der Waals surface area contributed by atoms with Crippen LogP contribution in [0.5, 0.6) is 0 Å². The van der Waals surface area contributed by atoms with Crippen molar-refractivity contribution in [3.8, 4) is 0 Å². The number of rotatable bonds is 4. The predicted octanol–water partition coefficient (Wildman–Crippen LogP) is 1.67. The van der Waals surface area contributed by atoms with Gasteiger partial charge in [0.05, 0.1) is 0 Å². The van der Waals surface area contributed by atoms with Crippen LogP contribution in [0.15, 0.2) is 18.2 Å². The van der Waals surface area contributed by atoms with Gasteiger partial charge < -0.3 is 15.1 Å². The number of urea groups is 1. The van der Waals surface area contributed by atoms with Gasteiger partial charge in [0.15, 0.2) is 0 Å². The molecule has 1 N–H and O–H groups in total. The summed E-state index contributed by atoms with van der Waals surface area (Å²) in [6.07, 6.45) is 1.90. The molecular weight excluding hydrogens is 356 g/mol. The summed E-state index contributed by atoms with van der Waals surface area (Å²) < 4.78 is 0. The van der Waals surface area contributed by atoms with Gasteiger partial charge in [-0.2, -0.15) is 0 Å². The number of nitrogens with one attached hydrogen (secondary N) is 1. The van der Waals surface area contributed by atoms with Gasteiger partial charge in [0.25, 0.3) is 5.91 Å². The van der Waals surface area contributed by atoms with Crippen LogP contribution in [0.1, 0.15) is 30.9 Å². The third-order valence-corrected chi connectivity index (χ3v) is 6.54. The Kier molecular flexibility index (Phi) is 4.56. The van der Waals surface area contributed by atoms with Gasteiger partial charge in [0.1, 0.15) is 12.1 Å². The fourth-order valence-electron chi connectivity index (χ4n) is 4.31. The minimum atomic E-state index is -0.835. The van der Waals surface area contributed by atoms with Crippen LogP contribution in [0.2, 0.25) is 0 Å². The zero-order valence-electron chi connectivity index (χ0n) is 16.8. The van der Waals surface area contributed by atoms with E-state index in [2.05, 4.69) is 42.3 Å². The largest absolute Gasteiger partial charge is 0.368 e. The Morgan fingerprint density at radius 1 is 1.14 bits per heavy atom. The molecule has 1 atom stereocenters. The SMILES string of the molecule is Cc1cccc(N2CCN(C(=O)CN3C(=O)N[C@](C)(C4CC4)C3=O)CC2)c1C. The molecule has 150 valence electrons. The van der Waals surface area contributed by atoms with Crippen molar-refractivity contribution in [3.63, 3.8) is 0 Å². The number of anilines is 1. The van der Waals surface area contributed by atoms with Crippen molar-refractivity contribution in [3.05, 3.63) is 29.3 Å².